The molecule has 3 N–H and O–H groups in total. The van der Waals surface area contributed by atoms with Gasteiger partial charge in [0.2, 0.25) is 0 Å². The second kappa shape index (κ2) is 7.11. The number of rotatable bonds is 6. The van der Waals surface area contributed by atoms with Gasteiger partial charge in [-0.15, -0.1) is 0 Å². The van der Waals surface area contributed by atoms with Gasteiger partial charge < -0.3 is 10.9 Å². The maximum absolute atomic E-state index is 8.54. The lowest BCUT2D eigenvalue weighted by molar-refractivity contribution is 0.318. The fourth-order valence-electron chi connectivity index (χ4n) is 1.19. The SMILES string of the molecule is CCCCSCc1ccnc(C(N)=NO)c1. The number of hydrogen-bond donors (Lipinski definition) is 2. The van der Waals surface area contributed by atoms with E-state index in [4.69, 9.17) is 10.9 Å². The molecule has 0 aliphatic carbocycles. The van der Waals surface area contributed by atoms with Crippen LogP contribution >= 0.6 is 11.8 Å². The molecule has 0 aromatic carbocycles. The topological polar surface area (TPSA) is 71.5 Å². The molecule has 5 heteroatoms. The van der Waals surface area contributed by atoms with Gasteiger partial charge in [-0.25, -0.2) is 0 Å². The fourth-order valence-corrected chi connectivity index (χ4v) is 2.24. The third-order valence-corrected chi connectivity index (χ3v) is 3.22. The molecule has 0 saturated heterocycles. The molecule has 0 saturated carbocycles. The van der Waals surface area contributed by atoms with Crippen molar-refractivity contribution < 1.29 is 5.21 Å². The number of nitrogens with zero attached hydrogens (tertiary/aromatic N) is 2. The van der Waals surface area contributed by atoms with Gasteiger partial charge >= 0.3 is 0 Å². The molecule has 1 heterocycles. The molecule has 1 aromatic heterocycles. The van der Waals surface area contributed by atoms with Crippen molar-refractivity contribution in [3.05, 3.63) is 29.6 Å². The summed E-state index contributed by atoms with van der Waals surface area (Å²) in [4.78, 5) is 4.03. The van der Waals surface area contributed by atoms with Crippen LogP contribution in [-0.4, -0.2) is 21.8 Å². The summed E-state index contributed by atoms with van der Waals surface area (Å²) in [5.41, 5.74) is 7.15. The highest BCUT2D eigenvalue weighted by atomic mass is 32.2. The average molecular weight is 239 g/mol. The third kappa shape index (κ3) is 4.10. The minimum Gasteiger partial charge on any atom is -0.409 e. The first-order chi connectivity index (χ1) is 7.77. The Morgan fingerprint density at radius 1 is 1.62 bits per heavy atom. The van der Waals surface area contributed by atoms with Gasteiger partial charge in [-0.05, 0) is 29.9 Å². The van der Waals surface area contributed by atoms with Gasteiger partial charge in [0.15, 0.2) is 5.84 Å². The van der Waals surface area contributed by atoms with Crippen molar-refractivity contribution in [2.45, 2.75) is 25.5 Å². The second-order valence-corrected chi connectivity index (χ2v) is 4.55. The number of amidine groups is 1. The van der Waals surface area contributed by atoms with Crippen molar-refractivity contribution in [2.24, 2.45) is 10.9 Å². The van der Waals surface area contributed by atoms with Crippen LogP contribution < -0.4 is 5.73 Å². The maximum Gasteiger partial charge on any atom is 0.188 e. The minimum atomic E-state index is 0.0559. The Morgan fingerprint density at radius 2 is 2.44 bits per heavy atom. The summed E-state index contributed by atoms with van der Waals surface area (Å²) >= 11 is 1.89. The summed E-state index contributed by atoms with van der Waals surface area (Å²) in [7, 11) is 0. The molecule has 0 fully saturated rings. The monoisotopic (exact) mass is 239 g/mol. The van der Waals surface area contributed by atoms with E-state index in [2.05, 4.69) is 17.1 Å². The molecule has 0 aliphatic heterocycles. The highest BCUT2D eigenvalue weighted by Gasteiger charge is 2.02. The van der Waals surface area contributed by atoms with Crippen LogP contribution in [0.25, 0.3) is 0 Å². The molecule has 88 valence electrons. The lowest BCUT2D eigenvalue weighted by Gasteiger charge is -2.03. The standard InChI is InChI=1S/C11H17N3OS/c1-2-3-6-16-8-9-4-5-13-10(7-9)11(12)14-15/h4-5,7,15H,2-3,6,8H2,1H3,(H2,12,14). The molecule has 4 nitrogen and oxygen atoms in total. The second-order valence-electron chi connectivity index (χ2n) is 3.44. The van der Waals surface area contributed by atoms with Crippen molar-refractivity contribution >= 4 is 17.6 Å². The molecule has 0 amide bonds. The number of oxime groups is 1. The summed E-state index contributed by atoms with van der Waals surface area (Å²) in [6.45, 7) is 2.18. The predicted molar refractivity (Wildman–Crippen MR) is 67.8 cm³/mol. The summed E-state index contributed by atoms with van der Waals surface area (Å²) in [5, 5.41) is 11.5. The summed E-state index contributed by atoms with van der Waals surface area (Å²) in [5.74, 6) is 2.16. The predicted octanol–water partition coefficient (Wildman–Crippen LogP) is 2.21. The number of nitrogens with two attached hydrogens (primary N) is 1. The Balaban J connectivity index is 2.54. The Labute approximate surface area is 99.9 Å². The van der Waals surface area contributed by atoms with E-state index >= 15 is 0 Å². The smallest absolute Gasteiger partial charge is 0.188 e. The Morgan fingerprint density at radius 3 is 3.12 bits per heavy atom. The molecule has 0 bridgehead atoms. The van der Waals surface area contributed by atoms with E-state index in [0.29, 0.717) is 5.69 Å². The first-order valence-corrected chi connectivity index (χ1v) is 6.44. The van der Waals surface area contributed by atoms with Crippen molar-refractivity contribution in [1.82, 2.24) is 4.98 Å². The zero-order valence-electron chi connectivity index (χ0n) is 9.39. The van der Waals surface area contributed by atoms with Gasteiger partial charge in [0, 0.05) is 11.9 Å². The van der Waals surface area contributed by atoms with Crippen molar-refractivity contribution in [2.75, 3.05) is 5.75 Å². The van der Waals surface area contributed by atoms with Crippen LogP contribution in [0.4, 0.5) is 0 Å². The van der Waals surface area contributed by atoms with E-state index < -0.39 is 0 Å². The van der Waals surface area contributed by atoms with Gasteiger partial charge in [-0.2, -0.15) is 11.8 Å². The lowest BCUT2D eigenvalue weighted by atomic mass is 10.2. The van der Waals surface area contributed by atoms with E-state index in [-0.39, 0.29) is 5.84 Å². The fraction of sp³-hybridized carbons (Fsp3) is 0.455. The zero-order valence-corrected chi connectivity index (χ0v) is 10.2. The van der Waals surface area contributed by atoms with Crippen molar-refractivity contribution in [3.8, 4) is 0 Å². The molecular formula is C11H17N3OS. The number of thioether (sulfide) groups is 1. The maximum atomic E-state index is 8.54. The van der Waals surface area contributed by atoms with Crippen LogP contribution in [0.2, 0.25) is 0 Å². The normalized spacial score (nSPS) is 11.7. The number of unbranched alkanes of at least 4 members (excludes halogenated alkanes) is 1. The van der Waals surface area contributed by atoms with E-state index in [9.17, 15) is 0 Å². The Bertz CT molecular complexity index is 355. The van der Waals surface area contributed by atoms with Crippen LogP contribution in [0.3, 0.4) is 0 Å². The van der Waals surface area contributed by atoms with Crippen LogP contribution in [0, 0.1) is 0 Å². The zero-order chi connectivity index (χ0) is 11.8. The largest absolute Gasteiger partial charge is 0.409 e. The van der Waals surface area contributed by atoms with Crippen LogP contribution in [0.15, 0.2) is 23.5 Å². The first kappa shape index (κ1) is 12.8. The molecule has 16 heavy (non-hydrogen) atoms. The van der Waals surface area contributed by atoms with Crippen LogP contribution in [0.1, 0.15) is 31.0 Å². The van der Waals surface area contributed by atoms with Gasteiger partial charge in [0.25, 0.3) is 0 Å². The van der Waals surface area contributed by atoms with E-state index in [1.807, 2.05) is 23.9 Å². The van der Waals surface area contributed by atoms with Gasteiger partial charge in [0.1, 0.15) is 5.69 Å². The molecule has 0 radical (unpaired) electrons. The summed E-state index contributed by atoms with van der Waals surface area (Å²) in [6.07, 6.45) is 4.14. The van der Waals surface area contributed by atoms with Gasteiger partial charge in [-0.3, -0.25) is 4.98 Å². The molecule has 1 rings (SSSR count). The number of pyridine rings is 1. The summed E-state index contributed by atoms with van der Waals surface area (Å²) < 4.78 is 0. The lowest BCUT2D eigenvalue weighted by Crippen LogP contribution is -2.15. The Hall–Kier alpha value is -1.23. The van der Waals surface area contributed by atoms with Crippen molar-refractivity contribution in [1.29, 1.82) is 0 Å². The highest BCUT2D eigenvalue weighted by Crippen LogP contribution is 2.14. The number of hydrogen-bond acceptors (Lipinski definition) is 4. The van der Waals surface area contributed by atoms with Crippen LogP contribution in [0.5, 0.6) is 0 Å². The van der Waals surface area contributed by atoms with Crippen molar-refractivity contribution in [3.63, 3.8) is 0 Å². The quantitative estimate of drug-likeness (QED) is 0.262. The molecule has 0 spiro atoms. The van der Waals surface area contributed by atoms with Crippen LogP contribution in [-0.2, 0) is 5.75 Å². The molecule has 1 aromatic rings. The van der Waals surface area contributed by atoms with E-state index in [1.54, 1.807) is 6.20 Å². The molecule has 0 atom stereocenters. The Kier molecular flexibility index (Phi) is 5.71. The minimum absolute atomic E-state index is 0.0559. The highest BCUT2D eigenvalue weighted by molar-refractivity contribution is 7.98. The third-order valence-electron chi connectivity index (χ3n) is 2.11. The number of aromatic nitrogens is 1. The molecule has 0 aliphatic rings. The molecule has 0 unspecified atom stereocenters. The average Bonchev–Trinajstić information content (AvgIpc) is 2.34. The van der Waals surface area contributed by atoms with E-state index in [1.165, 1.54) is 12.8 Å². The van der Waals surface area contributed by atoms with Gasteiger partial charge in [-0.1, -0.05) is 18.5 Å². The first-order valence-electron chi connectivity index (χ1n) is 5.28. The summed E-state index contributed by atoms with van der Waals surface area (Å²) in [6, 6.07) is 3.81. The van der Waals surface area contributed by atoms with Gasteiger partial charge in [0.05, 0.1) is 0 Å². The molecular weight excluding hydrogens is 222 g/mol. The van der Waals surface area contributed by atoms with E-state index in [0.717, 1.165) is 17.1 Å².